The second-order valence-electron chi connectivity index (χ2n) is 1.55. The zero-order valence-electron chi connectivity index (χ0n) is 5.41. The van der Waals surface area contributed by atoms with Crippen LogP contribution in [0.15, 0.2) is 24.5 Å². The summed E-state index contributed by atoms with van der Waals surface area (Å²) in [7, 11) is 0. The van der Waals surface area contributed by atoms with E-state index in [1.54, 1.807) is 6.07 Å². The van der Waals surface area contributed by atoms with Gasteiger partial charge in [0.25, 0.3) is 0 Å². The van der Waals surface area contributed by atoms with Crippen molar-refractivity contribution in [2.24, 2.45) is 0 Å². The Morgan fingerprint density at radius 2 is 2.18 bits per heavy atom. The van der Waals surface area contributed by atoms with E-state index < -0.39 is 5.97 Å². The van der Waals surface area contributed by atoms with Crippen LogP contribution in [-0.2, 0) is 17.1 Å². The van der Waals surface area contributed by atoms with Gasteiger partial charge < -0.3 is 10.6 Å². The second kappa shape index (κ2) is 5.85. The van der Waals surface area contributed by atoms with E-state index in [1.807, 2.05) is 0 Å². The van der Waals surface area contributed by atoms with Crippen molar-refractivity contribution in [3.63, 3.8) is 0 Å². The summed E-state index contributed by atoms with van der Waals surface area (Å²) in [6.45, 7) is 0. The third-order valence-corrected chi connectivity index (χ3v) is 0.908. The van der Waals surface area contributed by atoms with Crippen molar-refractivity contribution in [1.82, 2.24) is 4.98 Å². The maximum Gasteiger partial charge on any atom is 0.337 e. The molecule has 0 amide bonds. The van der Waals surface area contributed by atoms with Gasteiger partial charge in [0.2, 0.25) is 0 Å². The summed E-state index contributed by atoms with van der Waals surface area (Å²) in [4.78, 5) is 13.8. The summed E-state index contributed by atoms with van der Waals surface area (Å²) in [5.41, 5.74) is 0.220. The standard InChI is InChI=1S/C6H5NO2.Cu.H2O/c8-6(9)5-2-1-3-7-4-5;;/h1-4H,(H,8,9);;1H2. The summed E-state index contributed by atoms with van der Waals surface area (Å²) in [6, 6.07) is 3.08. The van der Waals surface area contributed by atoms with Gasteiger partial charge in [-0.05, 0) is 12.1 Å². The van der Waals surface area contributed by atoms with Gasteiger partial charge in [-0.15, -0.1) is 0 Å². The summed E-state index contributed by atoms with van der Waals surface area (Å²) in [5, 5.41) is 8.34. The number of rotatable bonds is 1. The average Bonchev–Trinajstić information content (AvgIpc) is 1.90. The molecule has 4 nitrogen and oxygen atoms in total. The Kier molecular flexibility index (Phi) is 6.78. The Morgan fingerprint density at radius 1 is 1.55 bits per heavy atom. The molecule has 1 heterocycles. The quantitative estimate of drug-likeness (QED) is 0.652. The minimum absolute atomic E-state index is 0. The molecule has 65 valence electrons. The van der Waals surface area contributed by atoms with Crippen LogP contribution in [0, 0.1) is 0 Å². The van der Waals surface area contributed by atoms with Crippen molar-refractivity contribution in [2.45, 2.75) is 0 Å². The number of hydrogen-bond donors (Lipinski definition) is 1. The summed E-state index contributed by atoms with van der Waals surface area (Å²) >= 11 is 0. The van der Waals surface area contributed by atoms with Gasteiger partial charge in [-0.3, -0.25) is 4.98 Å². The number of aromatic nitrogens is 1. The van der Waals surface area contributed by atoms with Crippen molar-refractivity contribution in [3.05, 3.63) is 30.1 Å². The van der Waals surface area contributed by atoms with E-state index in [4.69, 9.17) is 5.11 Å². The molecule has 0 saturated carbocycles. The van der Waals surface area contributed by atoms with Gasteiger partial charge in [0.05, 0.1) is 5.56 Å². The molecule has 1 aromatic heterocycles. The molecule has 0 saturated heterocycles. The van der Waals surface area contributed by atoms with Crippen molar-refractivity contribution in [2.75, 3.05) is 0 Å². The van der Waals surface area contributed by atoms with Crippen molar-refractivity contribution < 1.29 is 32.4 Å². The Balaban J connectivity index is 0. The zero-order chi connectivity index (χ0) is 6.69. The molecule has 5 heteroatoms. The number of carboxylic acid groups (broad SMARTS) is 1. The van der Waals surface area contributed by atoms with Crippen molar-refractivity contribution >= 4 is 5.97 Å². The van der Waals surface area contributed by atoms with E-state index in [0.717, 1.165) is 0 Å². The fraction of sp³-hybridized carbons (Fsp3) is 0. The van der Waals surface area contributed by atoms with E-state index in [-0.39, 0.29) is 28.1 Å². The molecule has 0 bridgehead atoms. The first kappa shape index (κ1) is 12.7. The Bertz CT molecular complexity index is 214. The number of hydrogen-bond acceptors (Lipinski definition) is 2. The van der Waals surface area contributed by atoms with Gasteiger partial charge in [0.1, 0.15) is 0 Å². The van der Waals surface area contributed by atoms with E-state index in [2.05, 4.69) is 4.98 Å². The topological polar surface area (TPSA) is 81.7 Å². The molecule has 1 aromatic rings. The van der Waals surface area contributed by atoms with Crippen LogP contribution < -0.4 is 0 Å². The molecule has 3 N–H and O–H groups in total. The molecule has 0 aliphatic heterocycles. The monoisotopic (exact) mass is 204 g/mol. The zero-order valence-corrected chi connectivity index (χ0v) is 6.36. The molecule has 0 aromatic carbocycles. The number of carbonyl (C=O) groups is 1. The number of aromatic carboxylic acids is 1. The molecular formula is C6H7CuNO3. The summed E-state index contributed by atoms with van der Waals surface area (Å²) < 4.78 is 0. The van der Waals surface area contributed by atoms with Crippen LogP contribution >= 0.6 is 0 Å². The maximum atomic E-state index is 10.2. The third kappa shape index (κ3) is 3.72. The Labute approximate surface area is 74.0 Å². The fourth-order valence-corrected chi connectivity index (χ4v) is 0.489. The van der Waals surface area contributed by atoms with Crippen LogP contribution in [0.5, 0.6) is 0 Å². The van der Waals surface area contributed by atoms with E-state index in [9.17, 15) is 4.79 Å². The third-order valence-electron chi connectivity index (χ3n) is 0.908. The van der Waals surface area contributed by atoms with Crippen LogP contribution in [0.1, 0.15) is 10.4 Å². The summed E-state index contributed by atoms with van der Waals surface area (Å²) in [6.07, 6.45) is 2.84. The molecule has 0 fully saturated rings. The van der Waals surface area contributed by atoms with Crippen molar-refractivity contribution in [1.29, 1.82) is 0 Å². The van der Waals surface area contributed by atoms with Gasteiger partial charge in [0.15, 0.2) is 0 Å². The molecular weight excluding hydrogens is 198 g/mol. The number of carboxylic acids is 1. The van der Waals surface area contributed by atoms with Crippen molar-refractivity contribution in [3.8, 4) is 0 Å². The van der Waals surface area contributed by atoms with Crippen LogP contribution in [0.2, 0.25) is 0 Å². The Morgan fingerprint density at radius 3 is 2.45 bits per heavy atom. The molecule has 1 radical (unpaired) electrons. The largest absolute Gasteiger partial charge is 0.478 e. The minimum atomic E-state index is -0.942. The van der Waals surface area contributed by atoms with Crippen LogP contribution in [-0.4, -0.2) is 21.5 Å². The molecule has 0 unspecified atom stereocenters. The molecule has 0 aliphatic carbocycles. The summed E-state index contributed by atoms with van der Waals surface area (Å²) in [5.74, 6) is -0.942. The molecule has 1 rings (SSSR count). The first-order valence-corrected chi connectivity index (χ1v) is 2.44. The SMILES string of the molecule is O.O=C(O)c1cccnc1.[Cu]. The van der Waals surface area contributed by atoms with Gasteiger partial charge in [0, 0.05) is 29.5 Å². The van der Waals surface area contributed by atoms with Gasteiger partial charge in [-0.25, -0.2) is 4.79 Å². The minimum Gasteiger partial charge on any atom is -0.478 e. The van der Waals surface area contributed by atoms with Crippen LogP contribution in [0.3, 0.4) is 0 Å². The molecule has 0 spiro atoms. The van der Waals surface area contributed by atoms with E-state index in [1.165, 1.54) is 18.5 Å². The van der Waals surface area contributed by atoms with E-state index >= 15 is 0 Å². The van der Waals surface area contributed by atoms with E-state index in [0.29, 0.717) is 0 Å². The predicted molar refractivity (Wildman–Crippen MR) is 34.8 cm³/mol. The number of nitrogens with zero attached hydrogens (tertiary/aromatic N) is 1. The molecule has 0 aliphatic rings. The second-order valence-corrected chi connectivity index (χ2v) is 1.55. The van der Waals surface area contributed by atoms with Gasteiger partial charge in [-0.1, -0.05) is 0 Å². The average molecular weight is 205 g/mol. The number of pyridine rings is 1. The molecule has 11 heavy (non-hydrogen) atoms. The maximum absolute atomic E-state index is 10.2. The normalized spacial score (nSPS) is 7.27. The van der Waals surface area contributed by atoms with Gasteiger partial charge in [-0.2, -0.15) is 0 Å². The first-order valence-electron chi connectivity index (χ1n) is 2.44. The van der Waals surface area contributed by atoms with Crippen LogP contribution in [0.25, 0.3) is 0 Å². The fourth-order valence-electron chi connectivity index (χ4n) is 0.489. The van der Waals surface area contributed by atoms with Gasteiger partial charge >= 0.3 is 5.97 Å². The van der Waals surface area contributed by atoms with Crippen LogP contribution in [0.4, 0.5) is 0 Å². The first-order chi connectivity index (χ1) is 4.30. The molecule has 0 atom stereocenters. The Hall–Kier alpha value is -0.901. The smallest absolute Gasteiger partial charge is 0.337 e. The predicted octanol–water partition coefficient (Wildman–Crippen LogP) is -0.0474.